The van der Waals surface area contributed by atoms with E-state index in [4.69, 9.17) is 5.73 Å². The van der Waals surface area contributed by atoms with Gasteiger partial charge in [0, 0.05) is 17.3 Å². The molecule has 3 heteroatoms. The minimum Gasteiger partial charge on any atom is -0.321 e. The average Bonchev–Trinajstić information content (AvgIpc) is 2.53. The molecule has 1 heterocycles. The summed E-state index contributed by atoms with van der Waals surface area (Å²) < 4.78 is 13.3. The van der Waals surface area contributed by atoms with E-state index in [0.29, 0.717) is 5.56 Å². The second-order valence-corrected chi connectivity index (χ2v) is 4.39. The quantitative estimate of drug-likeness (QED) is 0.715. The van der Waals surface area contributed by atoms with E-state index in [0.717, 1.165) is 6.42 Å². The Labute approximate surface area is 77.0 Å². The van der Waals surface area contributed by atoms with Gasteiger partial charge >= 0.3 is 0 Å². The van der Waals surface area contributed by atoms with Crippen molar-refractivity contribution in [3.05, 3.63) is 29.8 Å². The van der Waals surface area contributed by atoms with Crippen molar-refractivity contribution in [2.24, 2.45) is 11.1 Å². The topological polar surface area (TPSA) is 38.9 Å². The summed E-state index contributed by atoms with van der Waals surface area (Å²) in [5.74, 6) is -0.296. The first kappa shape index (κ1) is 8.63. The Morgan fingerprint density at radius 3 is 2.62 bits per heavy atom. The van der Waals surface area contributed by atoms with Crippen LogP contribution in [0.3, 0.4) is 0 Å². The van der Waals surface area contributed by atoms with Gasteiger partial charge in [0.15, 0.2) is 0 Å². The SMILES string of the molecule is CC1(C)CC1(N)c1ccncc1F. The Kier molecular flexibility index (Phi) is 1.52. The Hall–Kier alpha value is -0.960. The van der Waals surface area contributed by atoms with Crippen molar-refractivity contribution in [3.63, 3.8) is 0 Å². The lowest BCUT2D eigenvalue weighted by Gasteiger charge is -2.15. The lowest BCUT2D eigenvalue weighted by Crippen LogP contribution is -2.26. The lowest BCUT2D eigenvalue weighted by molar-refractivity contribution is 0.481. The highest BCUT2D eigenvalue weighted by Gasteiger charge is 2.60. The molecule has 1 aromatic heterocycles. The highest BCUT2D eigenvalue weighted by atomic mass is 19.1. The number of pyridine rings is 1. The zero-order chi connectivity index (χ0) is 9.69. The second kappa shape index (κ2) is 2.29. The van der Waals surface area contributed by atoms with Crippen LogP contribution in [0.25, 0.3) is 0 Å². The van der Waals surface area contributed by atoms with Crippen LogP contribution in [-0.4, -0.2) is 4.98 Å². The predicted octanol–water partition coefficient (Wildman–Crippen LogP) is 1.80. The molecule has 2 rings (SSSR count). The van der Waals surface area contributed by atoms with Gasteiger partial charge < -0.3 is 5.73 Å². The monoisotopic (exact) mass is 180 g/mol. The van der Waals surface area contributed by atoms with E-state index in [1.54, 1.807) is 12.3 Å². The van der Waals surface area contributed by atoms with E-state index in [2.05, 4.69) is 4.98 Å². The zero-order valence-corrected chi connectivity index (χ0v) is 7.84. The number of hydrogen-bond acceptors (Lipinski definition) is 2. The van der Waals surface area contributed by atoms with Crippen LogP contribution in [-0.2, 0) is 5.54 Å². The molecule has 1 saturated carbocycles. The summed E-state index contributed by atoms with van der Waals surface area (Å²) in [4.78, 5) is 3.70. The number of rotatable bonds is 1. The van der Waals surface area contributed by atoms with Gasteiger partial charge in [0.05, 0.1) is 6.20 Å². The number of halogens is 1. The standard InChI is InChI=1S/C10H13FN2/c1-9(2)6-10(9,12)7-3-4-13-5-8(7)11/h3-5H,6,12H2,1-2H3. The minimum atomic E-state index is -0.486. The van der Waals surface area contributed by atoms with Crippen LogP contribution in [0.15, 0.2) is 18.5 Å². The number of nitrogens with zero attached hydrogens (tertiary/aromatic N) is 1. The van der Waals surface area contributed by atoms with Crippen LogP contribution in [0.4, 0.5) is 4.39 Å². The van der Waals surface area contributed by atoms with Gasteiger partial charge in [-0.1, -0.05) is 13.8 Å². The van der Waals surface area contributed by atoms with Gasteiger partial charge in [-0.05, 0) is 17.9 Å². The highest BCUT2D eigenvalue weighted by Crippen LogP contribution is 2.60. The molecule has 0 aliphatic heterocycles. The van der Waals surface area contributed by atoms with Crippen LogP contribution in [0, 0.1) is 11.2 Å². The van der Waals surface area contributed by atoms with Crippen molar-refractivity contribution in [1.82, 2.24) is 4.98 Å². The first-order chi connectivity index (χ1) is 5.97. The van der Waals surface area contributed by atoms with Crippen LogP contribution in [0.1, 0.15) is 25.8 Å². The fraction of sp³-hybridized carbons (Fsp3) is 0.500. The summed E-state index contributed by atoms with van der Waals surface area (Å²) in [6, 6.07) is 1.67. The third-order valence-corrected chi connectivity index (χ3v) is 3.06. The Morgan fingerprint density at radius 2 is 2.15 bits per heavy atom. The summed E-state index contributed by atoms with van der Waals surface area (Å²) in [7, 11) is 0. The molecule has 0 spiro atoms. The van der Waals surface area contributed by atoms with Crippen molar-refractivity contribution in [1.29, 1.82) is 0 Å². The van der Waals surface area contributed by atoms with E-state index in [1.165, 1.54) is 6.20 Å². The third kappa shape index (κ3) is 1.07. The van der Waals surface area contributed by atoms with E-state index in [-0.39, 0.29) is 11.2 Å². The highest BCUT2D eigenvalue weighted by molar-refractivity contribution is 5.34. The number of nitrogens with two attached hydrogens (primary N) is 1. The molecule has 0 aromatic carbocycles. The number of aromatic nitrogens is 1. The van der Waals surface area contributed by atoms with E-state index in [9.17, 15) is 4.39 Å². The van der Waals surface area contributed by atoms with E-state index >= 15 is 0 Å². The lowest BCUT2D eigenvalue weighted by atomic mass is 9.98. The van der Waals surface area contributed by atoms with E-state index < -0.39 is 5.54 Å². The van der Waals surface area contributed by atoms with Crippen LogP contribution in [0.5, 0.6) is 0 Å². The maximum absolute atomic E-state index is 13.3. The van der Waals surface area contributed by atoms with Gasteiger partial charge in [0.25, 0.3) is 0 Å². The van der Waals surface area contributed by atoms with Gasteiger partial charge in [-0.25, -0.2) is 4.39 Å². The molecular weight excluding hydrogens is 167 g/mol. The molecule has 0 radical (unpaired) electrons. The van der Waals surface area contributed by atoms with Gasteiger partial charge in [0.2, 0.25) is 0 Å². The van der Waals surface area contributed by atoms with Crippen molar-refractivity contribution in [2.75, 3.05) is 0 Å². The Balaban J connectivity index is 2.44. The molecule has 70 valence electrons. The summed E-state index contributed by atoms with van der Waals surface area (Å²) >= 11 is 0. The van der Waals surface area contributed by atoms with Crippen LogP contribution < -0.4 is 5.73 Å². The first-order valence-corrected chi connectivity index (χ1v) is 4.36. The fourth-order valence-electron chi connectivity index (χ4n) is 1.85. The molecule has 0 amide bonds. The molecule has 0 bridgehead atoms. The minimum absolute atomic E-state index is 0.00912. The third-order valence-electron chi connectivity index (χ3n) is 3.06. The Bertz CT molecular complexity index is 349. The van der Waals surface area contributed by atoms with Crippen molar-refractivity contribution < 1.29 is 4.39 Å². The van der Waals surface area contributed by atoms with Gasteiger partial charge in [-0.2, -0.15) is 0 Å². The summed E-state index contributed by atoms with van der Waals surface area (Å²) in [6.45, 7) is 4.10. The predicted molar refractivity (Wildman–Crippen MR) is 48.5 cm³/mol. The second-order valence-electron chi connectivity index (χ2n) is 4.39. The van der Waals surface area contributed by atoms with Gasteiger partial charge in [-0.3, -0.25) is 4.98 Å². The van der Waals surface area contributed by atoms with Crippen LogP contribution in [0.2, 0.25) is 0 Å². The van der Waals surface area contributed by atoms with Gasteiger partial charge in [0.1, 0.15) is 5.82 Å². The summed E-state index contributed by atoms with van der Waals surface area (Å²) in [5, 5.41) is 0. The smallest absolute Gasteiger partial charge is 0.146 e. The molecule has 1 unspecified atom stereocenters. The molecule has 13 heavy (non-hydrogen) atoms. The maximum Gasteiger partial charge on any atom is 0.146 e. The van der Waals surface area contributed by atoms with Crippen LogP contribution >= 0.6 is 0 Å². The molecular formula is C10H13FN2. The summed E-state index contributed by atoms with van der Waals surface area (Å²) in [5.41, 5.74) is 6.19. The molecule has 1 atom stereocenters. The van der Waals surface area contributed by atoms with E-state index in [1.807, 2.05) is 13.8 Å². The van der Waals surface area contributed by atoms with Gasteiger partial charge in [-0.15, -0.1) is 0 Å². The largest absolute Gasteiger partial charge is 0.321 e. The number of hydrogen-bond donors (Lipinski definition) is 1. The zero-order valence-electron chi connectivity index (χ0n) is 7.84. The molecule has 1 aliphatic rings. The molecule has 1 aromatic rings. The molecule has 2 nitrogen and oxygen atoms in total. The van der Waals surface area contributed by atoms with Crippen molar-refractivity contribution >= 4 is 0 Å². The molecule has 1 fully saturated rings. The first-order valence-electron chi connectivity index (χ1n) is 4.36. The van der Waals surface area contributed by atoms with Crippen molar-refractivity contribution in [3.8, 4) is 0 Å². The molecule has 2 N–H and O–H groups in total. The Morgan fingerprint density at radius 1 is 1.54 bits per heavy atom. The summed E-state index contributed by atoms with van der Waals surface area (Å²) in [6.07, 6.45) is 3.64. The van der Waals surface area contributed by atoms with Crippen molar-refractivity contribution in [2.45, 2.75) is 25.8 Å². The normalized spacial score (nSPS) is 30.2. The fourth-order valence-corrected chi connectivity index (χ4v) is 1.85. The molecule has 0 saturated heterocycles. The molecule has 1 aliphatic carbocycles. The maximum atomic E-state index is 13.3. The average molecular weight is 180 g/mol.